The van der Waals surface area contributed by atoms with Crippen LogP contribution in [-0.4, -0.2) is 63.2 Å². The fourth-order valence-electron chi connectivity index (χ4n) is 8.02. The molecule has 11 nitrogen and oxygen atoms in total. The maximum atomic E-state index is 15.8. The second-order valence-electron chi connectivity index (χ2n) is 14.8. The molecule has 0 radical (unpaired) electrons. The number of hydrogen-bond acceptors (Lipinski definition) is 5. The summed E-state index contributed by atoms with van der Waals surface area (Å²) in [5.74, 6) is -0.329. The zero-order valence-electron chi connectivity index (χ0n) is 29.9. The van der Waals surface area contributed by atoms with Crippen molar-refractivity contribution >= 4 is 27.7 Å². The summed E-state index contributed by atoms with van der Waals surface area (Å²) in [5.41, 5.74) is 4.91. The fraction of sp³-hybridized carbons (Fsp3) is 0.300. The van der Waals surface area contributed by atoms with Gasteiger partial charge in [-0.2, -0.15) is 10.2 Å². The minimum absolute atomic E-state index is 0.0751. The van der Waals surface area contributed by atoms with Crippen LogP contribution in [-0.2, 0) is 24.8 Å². The highest BCUT2D eigenvalue weighted by Crippen LogP contribution is 2.37. The molecule has 0 aliphatic carbocycles. The molecule has 2 aliphatic rings. The molecule has 1 amide bonds. The van der Waals surface area contributed by atoms with Gasteiger partial charge in [0.05, 0.1) is 46.3 Å². The number of ether oxygens (including phenoxy) is 1. The summed E-state index contributed by atoms with van der Waals surface area (Å²) in [6.45, 7) is 7.22. The molecule has 0 unspecified atom stereocenters. The van der Waals surface area contributed by atoms with E-state index in [0.29, 0.717) is 63.8 Å². The van der Waals surface area contributed by atoms with Crippen molar-refractivity contribution in [2.24, 2.45) is 7.05 Å². The van der Waals surface area contributed by atoms with E-state index >= 15 is 4.39 Å². The van der Waals surface area contributed by atoms with E-state index in [1.165, 1.54) is 33.2 Å². The quantitative estimate of drug-likeness (QED) is 0.215. The van der Waals surface area contributed by atoms with E-state index in [-0.39, 0.29) is 29.6 Å². The first-order chi connectivity index (χ1) is 25.5. The maximum absolute atomic E-state index is 15.8. The van der Waals surface area contributed by atoms with Crippen molar-refractivity contribution in [3.05, 3.63) is 123 Å². The Balaban J connectivity index is 1.09. The zero-order valence-corrected chi connectivity index (χ0v) is 29.9. The van der Waals surface area contributed by atoms with Crippen molar-refractivity contribution in [1.82, 2.24) is 38.6 Å². The molecule has 2 aliphatic heterocycles. The first kappa shape index (κ1) is 33.0. The van der Waals surface area contributed by atoms with E-state index in [1.807, 2.05) is 12.1 Å². The number of aryl methyl sites for hydroxylation is 2. The van der Waals surface area contributed by atoms with Crippen molar-refractivity contribution < 1.29 is 18.3 Å². The average Bonchev–Trinajstić information content (AvgIpc) is 3.92. The number of H-pyrrole nitrogens is 1. The highest BCUT2D eigenvalue weighted by molar-refractivity contribution is 5.98. The molecule has 3 aromatic carbocycles. The predicted molar refractivity (Wildman–Crippen MR) is 196 cm³/mol. The van der Waals surface area contributed by atoms with Crippen molar-refractivity contribution in [2.45, 2.75) is 58.1 Å². The molecular formula is C40H38F2N8O3. The van der Waals surface area contributed by atoms with Crippen LogP contribution in [0.5, 0.6) is 0 Å². The van der Waals surface area contributed by atoms with Gasteiger partial charge in [-0.25, -0.2) is 18.3 Å². The molecule has 0 bridgehead atoms. The van der Waals surface area contributed by atoms with Gasteiger partial charge in [-0.1, -0.05) is 6.07 Å². The second-order valence-corrected chi connectivity index (χ2v) is 14.8. The Hall–Kier alpha value is -5.82. The van der Waals surface area contributed by atoms with Gasteiger partial charge in [0.25, 0.3) is 5.91 Å². The van der Waals surface area contributed by atoms with Gasteiger partial charge in [0.15, 0.2) is 5.82 Å². The van der Waals surface area contributed by atoms with Crippen LogP contribution in [0, 0.1) is 18.6 Å². The molecule has 13 heteroatoms. The molecule has 53 heavy (non-hydrogen) atoms. The van der Waals surface area contributed by atoms with E-state index in [0.717, 1.165) is 30.4 Å². The average molecular weight is 717 g/mol. The summed E-state index contributed by atoms with van der Waals surface area (Å²) in [4.78, 5) is 33.4. The van der Waals surface area contributed by atoms with Crippen LogP contribution in [0.3, 0.4) is 0 Å². The molecular weight excluding hydrogens is 678 g/mol. The Labute approximate surface area is 303 Å². The number of benzene rings is 3. The number of aromatic amines is 1. The fourth-order valence-corrected chi connectivity index (χ4v) is 8.02. The number of carbonyl (C=O) groups excluding carboxylic acids is 1. The van der Waals surface area contributed by atoms with E-state index in [1.54, 1.807) is 58.7 Å². The minimum Gasteiger partial charge on any atom is -0.376 e. The van der Waals surface area contributed by atoms with Gasteiger partial charge >= 0.3 is 5.69 Å². The number of imidazole rings is 1. The number of rotatable bonds is 5. The van der Waals surface area contributed by atoms with Crippen molar-refractivity contribution in [3.63, 3.8) is 0 Å². The maximum Gasteiger partial charge on any atom is 0.338 e. The SMILES string of the molecule is Cc1cc(-n2nc3c(c2-n2ccn(-c4ccc5c(cnn5C)c4F)c2=O)CN(C(=O)c2cc4cc([C@H]5CCOC(C)(C)C5)ccc4[nH]2)CC3)ccc1F. The third-order valence-corrected chi connectivity index (χ3v) is 10.8. The van der Waals surface area contributed by atoms with Crippen LogP contribution in [0.15, 0.2) is 78.0 Å². The van der Waals surface area contributed by atoms with E-state index < -0.39 is 11.5 Å². The molecule has 1 N–H and O–H groups in total. The number of nitrogens with one attached hydrogen (secondary N) is 1. The Bertz CT molecular complexity index is 2660. The van der Waals surface area contributed by atoms with Gasteiger partial charge in [-0.3, -0.25) is 18.6 Å². The van der Waals surface area contributed by atoms with Crippen LogP contribution < -0.4 is 5.69 Å². The van der Waals surface area contributed by atoms with Crippen molar-refractivity contribution in [2.75, 3.05) is 13.2 Å². The van der Waals surface area contributed by atoms with Crippen LogP contribution in [0.1, 0.15) is 65.5 Å². The molecule has 1 atom stereocenters. The lowest BCUT2D eigenvalue weighted by Crippen LogP contribution is -2.36. The summed E-state index contributed by atoms with van der Waals surface area (Å²) in [6.07, 6.45) is 6.83. The lowest BCUT2D eigenvalue weighted by atomic mass is 9.83. The van der Waals surface area contributed by atoms with Crippen LogP contribution in [0.4, 0.5) is 8.78 Å². The first-order valence-corrected chi connectivity index (χ1v) is 17.8. The van der Waals surface area contributed by atoms with Crippen molar-refractivity contribution in [1.29, 1.82) is 0 Å². The highest BCUT2D eigenvalue weighted by atomic mass is 19.1. The Morgan fingerprint density at radius 1 is 1.04 bits per heavy atom. The molecule has 6 heterocycles. The second kappa shape index (κ2) is 12.1. The number of halogens is 2. The highest BCUT2D eigenvalue weighted by Gasteiger charge is 2.32. The molecule has 270 valence electrons. The molecule has 9 rings (SSSR count). The Morgan fingerprint density at radius 3 is 2.68 bits per heavy atom. The third-order valence-electron chi connectivity index (χ3n) is 10.8. The number of nitrogens with zero attached hydrogens (tertiary/aromatic N) is 7. The normalized spacial score (nSPS) is 17.2. The lowest BCUT2D eigenvalue weighted by Gasteiger charge is -2.35. The molecule has 7 aromatic rings. The van der Waals surface area contributed by atoms with Gasteiger partial charge in [0.2, 0.25) is 0 Å². The zero-order chi connectivity index (χ0) is 36.8. The summed E-state index contributed by atoms with van der Waals surface area (Å²) in [6, 6.07) is 16.1. The summed E-state index contributed by atoms with van der Waals surface area (Å²) < 4.78 is 42.0. The van der Waals surface area contributed by atoms with E-state index in [9.17, 15) is 14.0 Å². The predicted octanol–water partition coefficient (Wildman–Crippen LogP) is 6.64. The van der Waals surface area contributed by atoms with Crippen LogP contribution >= 0.6 is 0 Å². The topological polar surface area (TPSA) is 108 Å². The van der Waals surface area contributed by atoms with E-state index in [2.05, 4.69) is 36.1 Å². The van der Waals surface area contributed by atoms with Gasteiger partial charge in [0.1, 0.15) is 17.3 Å². The Morgan fingerprint density at radius 2 is 1.87 bits per heavy atom. The van der Waals surface area contributed by atoms with Crippen LogP contribution in [0.25, 0.3) is 39.0 Å². The number of carbonyl (C=O) groups is 1. The van der Waals surface area contributed by atoms with Crippen LogP contribution in [0.2, 0.25) is 0 Å². The number of amides is 1. The first-order valence-electron chi connectivity index (χ1n) is 17.8. The largest absolute Gasteiger partial charge is 0.376 e. The monoisotopic (exact) mass is 716 g/mol. The van der Waals surface area contributed by atoms with E-state index in [4.69, 9.17) is 9.84 Å². The third kappa shape index (κ3) is 5.49. The smallest absolute Gasteiger partial charge is 0.338 e. The molecule has 1 fully saturated rings. The molecule has 1 saturated heterocycles. The van der Waals surface area contributed by atoms with Gasteiger partial charge in [0, 0.05) is 55.5 Å². The number of fused-ring (bicyclic) bond motifs is 3. The standard InChI is InChI=1S/C40H38F2N8O3/c1-23-17-27(6-7-30(23)41)50-37(49-15-14-48(39(49)52)35-10-9-34-28(36(35)42)21-43-46(34)4)29-22-47(13-11-32(29)45-50)38(51)33-19-26-18-24(5-8-31(26)44-33)25-12-16-53-40(2,3)20-25/h5-10,14-15,17-19,21,25,44H,11-13,16,20,22H2,1-4H3/t25-/m0/s1. The molecule has 4 aromatic heterocycles. The minimum atomic E-state index is -0.570. The summed E-state index contributed by atoms with van der Waals surface area (Å²) >= 11 is 0. The number of aromatic nitrogens is 7. The van der Waals surface area contributed by atoms with Gasteiger partial charge < -0.3 is 14.6 Å². The summed E-state index contributed by atoms with van der Waals surface area (Å²) in [7, 11) is 1.72. The Kier molecular flexibility index (Phi) is 7.56. The van der Waals surface area contributed by atoms with Crippen molar-refractivity contribution in [3.8, 4) is 17.2 Å². The molecule has 0 saturated carbocycles. The van der Waals surface area contributed by atoms with Gasteiger partial charge in [-0.05, 0) is 99.2 Å². The summed E-state index contributed by atoms with van der Waals surface area (Å²) in [5, 5.41) is 10.3. The van der Waals surface area contributed by atoms with Gasteiger partial charge in [-0.15, -0.1) is 0 Å². The number of hydrogen-bond donors (Lipinski definition) is 1. The molecule has 0 spiro atoms. The lowest BCUT2D eigenvalue weighted by molar-refractivity contribution is -0.0592.